The highest BCUT2D eigenvalue weighted by molar-refractivity contribution is 7.99. The third-order valence-electron chi connectivity index (χ3n) is 4.03. The number of hydrogen-bond acceptors (Lipinski definition) is 3. The average Bonchev–Trinajstić information content (AvgIpc) is 2.59. The molecule has 132 valence electrons. The lowest BCUT2D eigenvalue weighted by Crippen LogP contribution is -2.43. The van der Waals surface area contributed by atoms with Crippen molar-refractivity contribution in [3.05, 3.63) is 29.8 Å². The molecule has 0 atom stereocenters. The monoisotopic (exact) mass is 356 g/mol. The fourth-order valence-electron chi connectivity index (χ4n) is 2.70. The first-order chi connectivity index (χ1) is 11.5. The fourth-order valence-corrected chi connectivity index (χ4v) is 3.20. The van der Waals surface area contributed by atoms with E-state index in [1.54, 1.807) is 17.0 Å². The minimum Gasteiger partial charge on any atom is -0.356 e. The number of benzene rings is 1. The van der Waals surface area contributed by atoms with Crippen molar-refractivity contribution < 1.29 is 18.4 Å². The normalized spacial score (nSPS) is 15.6. The summed E-state index contributed by atoms with van der Waals surface area (Å²) in [5.41, 5.74) is 0.488. The van der Waals surface area contributed by atoms with Crippen LogP contribution in [0.15, 0.2) is 29.2 Å². The predicted molar refractivity (Wildman–Crippen MR) is 90.2 cm³/mol. The molecule has 0 radical (unpaired) electrons. The molecule has 0 aliphatic carbocycles. The van der Waals surface area contributed by atoms with Gasteiger partial charge in [-0.1, -0.05) is 18.7 Å². The van der Waals surface area contributed by atoms with E-state index in [9.17, 15) is 18.4 Å². The lowest BCUT2D eigenvalue weighted by molar-refractivity contribution is -0.126. The highest BCUT2D eigenvalue weighted by Gasteiger charge is 2.27. The van der Waals surface area contributed by atoms with Crippen LogP contribution in [0.1, 0.15) is 36.5 Å². The Balaban J connectivity index is 1.87. The zero-order valence-electron chi connectivity index (χ0n) is 13.6. The summed E-state index contributed by atoms with van der Waals surface area (Å²) in [7, 11) is 0. The summed E-state index contributed by atoms with van der Waals surface area (Å²) < 4.78 is 24.6. The summed E-state index contributed by atoms with van der Waals surface area (Å²) in [6.07, 6.45) is 2.21. The molecule has 1 heterocycles. The summed E-state index contributed by atoms with van der Waals surface area (Å²) >= 11 is 0.462. The average molecular weight is 356 g/mol. The number of likely N-dealkylation sites (tertiary alicyclic amines) is 1. The molecule has 2 amide bonds. The smallest absolute Gasteiger partial charge is 0.288 e. The summed E-state index contributed by atoms with van der Waals surface area (Å²) in [5.74, 6) is -2.55. The molecule has 1 fully saturated rings. The highest BCUT2D eigenvalue weighted by atomic mass is 32.2. The number of hydrogen-bond donors (Lipinski definition) is 1. The summed E-state index contributed by atoms with van der Waals surface area (Å²) in [5, 5.41) is 2.89. The summed E-state index contributed by atoms with van der Waals surface area (Å²) in [4.78, 5) is 26.6. The van der Waals surface area contributed by atoms with Gasteiger partial charge in [0.25, 0.3) is 11.7 Å². The Labute approximate surface area is 145 Å². The van der Waals surface area contributed by atoms with Gasteiger partial charge in [0.05, 0.1) is 0 Å². The predicted octanol–water partition coefficient (Wildman–Crippen LogP) is 3.38. The second-order valence-electron chi connectivity index (χ2n) is 5.76. The number of thioether (sulfide) groups is 1. The van der Waals surface area contributed by atoms with Gasteiger partial charge in [-0.15, -0.1) is 0 Å². The number of rotatable bonds is 6. The Morgan fingerprint density at radius 3 is 2.42 bits per heavy atom. The number of carbonyl (C=O) groups is 2. The van der Waals surface area contributed by atoms with Crippen LogP contribution in [0.5, 0.6) is 0 Å². The molecule has 1 aromatic carbocycles. The minimum absolute atomic E-state index is 0.0367. The Kier molecular flexibility index (Phi) is 7.02. The molecule has 0 unspecified atom stereocenters. The molecule has 0 bridgehead atoms. The lowest BCUT2D eigenvalue weighted by atomic mass is 9.95. The number of alkyl halides is 2. The van der Waals surface area contributed by atoms with Crippen molar-refractivity contribution >= 4 is 23.6 Å². The van der Waals surface area contributed by atoms with Gasteiger partial charge in [0, 0.05) is 36.0 Å². The molecule has 2 rings (SSSR count). The van der Waals surface area contributed by atoms with Gasteiger partial charge >= 0.3 is 0 Å². The van der Waals surface area contributed by atoms with Gasteiger partial charge in [0.15, 0.2) is 0 Å². The molecule has 4 nitrogen and oxygen atoms in total. The molecule has 1 aliphatic rings. The van der Waals surface area contributed by atoms with Crippen molar-refractivity contribution in [2.75, 3.05) is 19.6 Å². The second kappa shape index (κ2) is 9.01. The van der Waals surface area contributed by atoms with E-state index in [-0.39, 0.29) is 17.7 Å². The first kappa shape index (κ1) is 18.7. The van der Waals surface area contributed by atoms with Crippen molar-refractivity contribution in [2.45, 2.75) is 36.8 Å². The van der Waals surface area contributed by atoms with Crippen molar-refractivity contribution in [3.8, 4) is 0 Å². The molecule has 1 saturated heterocycles. The van der Waals surface area contributed by atoms with E-state index >= 15 is 0 Å². The van der Waals surface area contributed by atoms with Crippen LogP contribution < -0.4 is 5.32 Å². The van der Waals surface area contributed by atoms with E-state index in [1.807, 2.05) is 6.92 Å². The van der Waals surface area contributed by atoms with Gasteiger partial charge in [-0.2, -0.15) is 8.78 Å². The van der Waals surface area contributed by atoms with Gasteiger partial charge in [0.1, 0.15) is 0 Å². The number of piperidine rings is 1. The topological polar surface area (TPSA) is 49.4 Å². The quantitative estimate of drug-likeness (QED) is 0.795. The summed E-state index contributed by atoms with van der Waals surface area (Å²) in [6, 6.07) is 6.23. The van der Waals surface area contributed by atoms with E-state index in [1.165, 1.54) is 12.1 Å². The standard InChI is InChI=1S/C17H22F2N2O2S/c1-2-9-20-15(22)12-7-10-21(11-8-12)16(23)13-3-5-14(6-4-13)24-17(18)19/h3-6,12,17H,2,7-11H2,1H3,(H,20,22). The van der Waals surface area contributed by atoms with Crippen molar-refractivity contribution in [2.24, 2.45) is 5.92 Å². The summed E-state index contributed by atoms with van der Waals surface area (Å²) in [6.45, 7) is 3.76. The number of nitrogens with zero attached hydrogens (tertiary/aromatic N) is 1. The molecule has 1 aromatic rings. The van der Waals surface area contributed by atoms with Crippen LogP contribution >= 0.6 is 11.8 Å². The van der Waals surface area contributed by atoms with Crippen LogP contribution in [0.3, 0.4) is 0 Å². The molecule has 0 spiro atoms. The Bertz CT molecular complexity index is 558. The Morgan fingerprint density at radius 2 is 1.88 bits per heavy atom. The van der Waals surface area contributed by atoms with Crippen LogP contribution in [0.25, 0.3) is 0 Å². The molecule has 0 saturated carbocycles. The van der Waals surface area contributed by atoms with Gasteiger partial charge in [-0.05, 0) is 43.5 Å². The van der Waals surface area contributed by atoms with E-state index in [0.29, 0.717) is 54.7 Å². The van der Waals surface area contributed by atoms with Crippen LogP contribution in [0.2, 0.25) is 0 Å². The van der Waals surface area contributed by atoms with E-state index < -0.39 is 5.76 Å². The van der Waals surface area contributed by atoms with Gasteiger partial charge in [-0.3, -0.25) is 9.59 Å². The second-order valence-corrected chi connectivity index (χ2v) is 6.82. The molecule has 7 heteroatoms. The largest absolute Gasteiger partial charge is 0.356 e. The lowest BCUT2D eigenvalue weighted by Gasteiger charge is -2.31. The van der Waals surface area contributed by atoms with E-state index in [4.69, 9.17) is 0 Å². The molecule has 1 N–H and O–H groups in total. The van der Waals surface area contributed by atoms with Gasteiger partial charge < -0.3 is 10.2 Å². The zero-order valence-corrected chi connectivity index (χ0v) is 14.5. The zero-order chi connectivity index (χ0) is 17.5. The van der Waals surface area contributed by atoms with E-state index in [0.717, 1.165) is 6.42 Å². The Hall–Kier alpha value is -1.63. The highest BCUT2D eigenvalue weighted by Crippen LogP contribution is 2.26. The first-order valence-corrected chi connectivity index (χ1v) is 9.01. The molecular weight excluding hydrogens is 334 g/mol. The van der Waals surface area contributed by atoms with Crippen LogP contribution in [-0.2, 0) is 4.79 Å². The van der Waals surface area contributed by atoms with Gasteiger partial charge in [0.2, 0.25) is 5.91 Å². The van der Waals surface area contributed by atoms with Crippen molar-refractivity contribution in [3.63, 3.8) is 0 Å². The number of amides is 2. The SMILES string of the molecule is CCCNC(=O)C1CCN(C(=O)c2ccc(SC(F)F)cc2)CC1. The molecule has 24 heavy (non-hydrogen) atoms. The van der Waals surface area contributed by atoms with Crippen LogP contribution in [-0.4, -0.2) is 42.1 Å². The fraction of sp³-hybridized carbons (Fsp3) is 0.529. The van der Waals surface area contributed by atoms with Crippen molar-refractivity contribution in [1.29, 1.82) is 0 Å². The van der Waals surface area contributed by atoms with E-state index in [2.05, 4.69) is 5.32 Å². The number of halogens is 2. The minimum atomic E-state index is -2.47. The maximum atomic E-state index is 12.5. The Morgan fingerprint density at radius 1 is 1.25 bits per heavy atom. The third kappa shape index (κ3) is 5.19. The van der Waals surface area contributed by atoms with Crippen molar-refractivity contribution in [1.82, 2.24) is 10.2 Å². The van der Waals surface area contributed by atoms with Crippen LogP contribution in [0.4, 0.5) is 8.78 Å². The first-order valence-electron chi connectivity index (χ1n) is 8.13. The maximum Gasteiger partial charge on any atom is 0.288 e. The molecule has 1 aliphatic heterocycles. The third-order valence-corrected chi connectivity index (χ3v) is 4.75. The number of nitrogens with one attached hydrogen (secondary N) is 1. The van der Waals surface area contributed by atoms with Crippen LogP contribution in [0, 0.1) is 5.92 Å². The van der Waals surface area contributed by atoms with Gasteiger partial charge in [-0.25, -0.2) is 0 Å². The number of carbonyl (C=O) groups excluding carboxylic acids is 2. The molecule has 0 aromatic heterocycles. The maximum absolute atomic E-state index is 12.5. The molecular formula is C17H22F2N2O2S.